The number of carbonyl (C=O) groups excluding carboxylic acids is 1. The molecular weight excluding hydrogens is 313 g/mol. The fourth-order valence-electron chi connectivity index (χ4n) is 2.30. The fraction of sp³-hybridized carbons (Fsp3) is 0.118. The standard InChI is InChI=1S/C17H12FN3OS/c1-2-21-15-13(18)4-3-5-14(15)23-17(21)20-16(22)12-8-6-11(10-19)7-9-12/h3-9H,2H2,1H3. The number of benzene rings is 2. The average Bonchev–Trinajstić information content (AvgIpc) is 2.93. The number of nitriles is 1. The zero-order chi connectivity index (χ0) is 16.4. The van der Waals surface area contributed by atoms with Crippen LogP contribution in [0.3, 0.4) is 0 Å². The van der Waals surface area contributed by atoms with Gasteiger partial charge in [-0.3, -0.25) is 4.79 Å². The second-order valence-corrected chi connectivity index (χ2v) is 5.83. The van der Waals surface area contributed by atoms with Crippen LogP contribution in [0.25, 0.3) is 10.2 Å². The van der Waals surface area contributed by atoms with Crippen LogP contribution in [0.2, 0.25) is 0 Å². The Labute approximate surface area is 135 Å². The summed E-state index contributed by atoms with van der Waals surface area (Å²) in [7, 11) is 0. The molecule has 0 radical (unpaired) electrons. The van der Waals surface area contributed by atoms with Crippen LogP contribution < -0.4 is 4.80 Å². The minimum absolute atomic E-state index is 0.326. The Morgan fingerprint density at radius 1 is 1.30 bits per heavy atom. The van der Waals surface area contributed by atoms with E-state index in [0.29, 0.717) is 28.0 Å². The number of halogens is 1. The van der Waals surface area contributed by atoms with Crippen LogP contribution >= 0.6 is 11.3 Å². The van der Waals surface area contributed by atoms with Gasteiger partial charge in [0, 0.05) is 12.1 Å². The molecule has 1 amide bonds. The molecule has 1 aromatic heterocycles. The van der Waals surface area contributed by atoms with Crippen LogP contribution in [0.15, 0.2) is 47.5 Å². The molecule has 0 N–H and O–H groups in total. The molecule has 0 atom stereocenters. The number of nitrogens with zero attached hydrogens (tertiary/aromatic N) is 3. The number of para-hydroxylation sites is 1. The van der Waals surface area contributed by atoms with Gasteiger partial charge in [-0.25, -0.2) is 4.39 Å². The van der Waals surface area contributed by atoms with E-state index in [9.17, 15) is 9.18 Å². The van der Waals surface area contributed by atoms with E-state index in [1.165, 1.54) is 17.4 Å². The average molecular weight is 325 g/mol. The molecule has 0 aliphatic rings. The minimum atomic E-state index is -0.413. The van der Waals surface area contributed by atoms with Crippen molar-refractivity contribution >= 4 is 27.5 Å². The second kappa shape index (κ2) is 6.15. The van der Waals surface area contributed by atoms with Crippen LogP contribution in [-0.4, -0.2) is 10.5 Å². The summed E-state index contributed by atoms with van der Waals surface area (Å²) in [5.41, 5.74) is 1.34. The number of hydrogen-bond acceptors (Lipinski definition) is 3. The molecule has 4 nitrogen and oxygen atoms in total. The summed E-state index contributed by atoms with van der Waals surface area (Å²) in [6, 6.07) is 13.1. The van der Waals surface area contributed by atoms with Crippen LogP contribution in [0.1, 0.15) is 22.8 Å². The summed E-state index contributed by atoms with van der Waals surface area (Å²) in [4.78, 5) is 16.9. The number of amides is 1. The van der Waals surface area contributed by atoms with E-state index < -0.39 is 5.91 Å². The lowest BCUT2D eigenvalue weighted by atomic mass is 10.1. The van der Waals surface area contributed by atoms with E-state index in [2.05, 4.69) is 4.99 Å². The van der Waals surface area contributed by atoms with E-state index in [0.717, 1.165) is 4.70 Å². The predicted molar refractivity (Wildman–Crippen MR) is 86.5 cm³/mol. The Bertz CT molecular complexity index is 993. The molecule has 0 unspecified atom stereocenters. The van der Waals surface area contributed by atoms with Gasteiger partial charge in [-0.1, -0.05) is 17.4 Å². The van der Waals surface area contributed by atoms with Gasteiger partial charge in [-0.05, 0) is 43.3 Å². The van der Waals surface area contributed by atoms with E-state index in [1.54, 1.807) is 41.0 Å². The van der Waals surface area contributed by atoms with Gasteiger partial charge in [0.15, 0.2) is 4.80 Å². The first-order chi connectivity index (χ1) is 11.1. The van der Waals surface area contributed by atoms with E-state index in [1.807, 2.05) is 13.0 Å². The lowest BCUT2D eigenvalue weighted by Gasteiger charge is -2.01. The SMILES string of the molecule is CCn1c(=NC(=O)c2ccc(C#N)cc2)sc2cccc(F)c21. The van der Waals surface area contributed by atoms with Crippen molar-refractivity contribution < 1.29 is 9.18 Å². The number of hydrogen-bond donors (Lipinski definition) is 0. The predicted octanol–water partition coefficient (Wildman–Crippen LogP) is 3.47. The van der Waals surface area contributed by atoms with Crippen LogP contribution in [0.5, 0.6) is 0 Å². The number of aryl methyl sites for hydroxylation is 1. The smallest absolute Gasteiger partial charge is 0.279 e. The maximum Gasteiger partial charge on any atom is 0.279 e. The molecule has 0 aliphatic heterocycles. The fourth-order valence-corrected chi connectivity index (χ4v) is 3.41. The van der Waals surface area contributed by atoms with E-state index in [4.69, 9.17) is 5.26 Å². The second-order valence-electron chi connectivity index (χ2n) is 4.82. The molecule has 0 bridgehead atoms. The van der Waals surface area contributed by atoms with Crippen molar-refractivity contribution in [3.63, 3.8) is 0 Å². The first-order valence-electron chi connectivity index (χ1n) is 7.01. The molecule has 1 heterocycles. The molecule has 23 heavy (non-hydrogen) atoms. The molecule has 3 aromatic rings. The number of fused-ring (bicyclic) bond motifs is 1. The van der Waals surface area contributed by atoms with E-state index >= 15 is 0 Å². The summed E-state index contributed by atoms with van der Waals surface area (Å²) in [5.74, 6) is -0.739. The third-order valence-corrected chi connectivity index (χ3v) is 4.47. The summed E-state index contributed by atoms with van der Waals surface area (Å²) in [6.45, 7) is 2.39. The zero-order valence-corrected chi connectivity index (χ0v) is 13.1. The first-order valence-corrected chi connectivity index (χ1v) is 7.82. The highest BCUT2D eigenvalue weighted by atomic mass is 32.1. The Morgan fingerprint density at radius 2 is 2.04 bits per heavy atom. The first kappa shape index (κ1) is 15.1. The largest absolute Gasteiger partial charge is 0.314 e. The Kier molecular flexibility index (Phi) is 4.04. The van der Waals surface area contributed by atoms with Crippen LogP contribution in [0, 0.1) is 17.1 Å². The number of rotatable bonds is 2. The van der Waals surface area contributed by atoms with Crippen LogP contribution in [-0.2, 0) is 6.54 Å². The highest BCUT2D eigenvalue weighted by molar-refractivity contribution is 7.16. The van der Waals surface area contributed by atoms with E-state index in [-0.39, 0.29) is 5.82 Å². The molecule has 3 rings (SSSR count). The van der Waals surface area contributed by atoms with Crippen molar-refractivity contribution in [2.45, 2.75) is 13.5 Å². The lowest BCUT2D eigenvalue weighted by molar-refractivity contribution is 0.0998. The van der Waals surface area contributed by atoms with Gasteiger partial charge in [-0.15, -0.1) is 0 Å². The summed E-state index contributed by atoms with van der Waals surface area (Å²) >= 11 is 1.28. The Balaban J connectivity index is 2.11. The van der Waals surface area contributed by atoms with Crippen molar-refractivity contribution in [2.24, 2.45) is 4.99 Å². The van der Waals surface area contributed by atoms with Crippen molar-refractivity contribution in [1.82, 2.24) is 4.57 Å². The highest BCUT2D eigenvalue weighted by Crippen LogP contribution is 2.20. The summed E-state index contributed by atoms with van der Waals surface area (Å²) in [6.07, 6.45) is 0. The lowest BCUT2D eigenvalue weighted by Crippen LogP contribution is -2.16. The summed E-state index contributed by atoms with van der Waals surface area (Å²) < 4.78 is 16.5. The van der Waals surface area contributed by atoms with Crippen molar-refractivity contribution in [3.05, 3.63) is 64.2 Å². The zero-order valence-electron chi connectivity index (χ0n) is 12.3. The number of thiazole rings is 1. The van der Waals surface area contributed by atoms with Crippen molar-refractivity contribution in [1.29, 1.82) is 5.26 Å². The van der Waals surface area contributed by atoms with Gasteiger partial charge in [0.05, 0.1) is 21.8 Å². The van der Waals surface area contributed by atoms with Gasteiger partial charge >= 0.3 is 0 Å². The molecule has 0 spiro atoms. The topological polar surface area (TPSA) is 58.1 Å². The van der Waals surface area contributed by atoms with Crippen LogP contribution in [0.4, 0.5) is 4.39 Å². The van der Waals surface area contributed by atoms with Gasteiger partial charge in [0.25, 0.3) is 5.91 Å². The molecule has 0 aliphatic carbocycles. The monoisotopic (exact) mass is 325 g/mol. The number of carbonyl (C=O) groups is 1. The Morgan fingerprint density at radius 3 is 2.70 bits per heavy atom. The van der Waals surface area contributed by atoms with Crippen molar-refractivity contribution in [3.8, 4) is 6.07 Å². The molecule has 114 valence electrons. The van der Waals surface area contributed by atoms with Gasteiger partial charge in [-0.2, -0.15) is 10.3 Å². The van der Waals surface area contributed by atoms with Crippen molar-refractivity contribution in [2.75, 3.05) is 0 Å². The molecular formula is C17H12FN3OS. The third-order valence-electron chi connectivity index (χ3n) is 3.43. The summed E-state index contributed by atoms with van der Waals surface area (Å²) in [5, 5.41) is 8.78. The quantitative estimate of drug-likeness (QED) is 0.724. The molecule has 0 fully saturated rings. The van der Waals surface area contributed by atoms with Gasteiger partial charge in [0.2, 0.25) is 0 Å². The highest BCUT2D eigenvalue weighted by Gasteiger charge is 2.11. The maximum absolute atomic E-state index is 14.0. The van der Waals surface area contributed by atoms with Gasteiger partial charge in [0.1, 0.15) is 5.82 Å². The normalized spacial score (nSPS) is 11.6. The third kappa shape index (κ3) is 2.79. The molecule has 2 aromatic carbocycles. The Hall–Kier alpha value is -2.78. The minimum Gasteiger partial charge on any atom is -0.314 e. The molecule has 0 saturated heterocycles. The molecule has 6 heteroatoms. The maximum atomic E-state index is 14.0. The molecule has 0 saturated carbocycles. The number of aromatic nitrogens is 1. The van der Waals surface area contributed by atoms with Gasteiger partial charge < -0.3 is 4.57 Å².